The second-order valence-corrected chi connectivity index (χ2v) is 20.3. The zero-order chi connectivity index (χ0) is 50.8. The number of amides is 4. The van der Waals surface area contributed by atoms with Crippen LogP contribution in [0, 0.1) is 20.8 Å². The molecule has 0 bridgehead atoms. The average Bonchev–Trinajstić information content (AvgIpc) is 4.07. The highest BCUT2D eigenvalue weighted by Crippen LogP contribution is 2.43. The Bertz CT molecular complexity index is 2770. The van der Waals surface area contributed by atoms with Crippen molar-refractivity contribution in [1.82, 2.24) is 40.5 Å². The van der Waals surface area contributed by atoms with E-state index in [-0.39, 0.29) is 55.4 Å². The Labute approximate surface area is 410 Å². The lowest BCUT2D eigenvalue weighted by atomic mass is 9.94. The zero-order valence-corrected chi connectivity index (χ0v) is 42.1. The summed E-state index contributed by atoms with van der Waals surface area (Å²) in [6.45, 7) is 14.1. The molecule has 4 amide bonds. The van der Waals surface area contributed by atoms with Crippen LogP contribution in [0.15, 0.2) is 83.2 Å². The fourth-order valence-electron chi connectivity index (χ4n) is 9.05. The van der Waals surface area contributed by atoms with Crippen LogP contribution in [-0.2, 0) is 54.9 Å². The van der Waals surface area contributed by atoms with Crippen LogP contribution >= 0.6 is 0 Å². The first kappa shape index (κ1) is 52.6. The Kier molecular flexibility index (Phi) is 17.5. The smallest absolute Gasteiger partial charge is 0.264 e. The first-order chi connectivity index (χ1) is 33.3. The van der Waals surface area contributed by atoms with Crippen LogP contribution in [0.1, 0.15) is 92.5 Å². The Balaban J connectivity index is 1.26. The van der Waals surface area contributed by atoms with Crippen molar-refractivity contribution in [1.29, 1.82) is 0 Å². The predicted octanol–water partition coefficient (Wildman–Crippen LogP) is 4.06. The molecule has 70 heavy (non-hydrogen) atoms. The normalized spacial score (nSPS) is 15.0. The first-order valence-electron chi connectivity index (χ1n) is 24.0. The highest BCUT2D eigenvalue weighted by molar-refractivity contribution is 7.90. The van der Waals surface area contributed by atoms with Gasteiger partial charge in [-0.1, -0.05) is 62.4 Å². The number of imidazole rings is 1. The van der Waals surface area contributed by atoms with Gasteiger partial charge in [0.1, 0.15) is 29.5 Å². The number of H-pyrrole nitrogens is 2. The van der Waals surface area contributed by atoms with Crippen molar-refractivity contribution >= 4 is 50.5 Å². The van der Waals surface area contributed by atoms with E-state index in [1.165, 1.54) is 6.33 Å². The maximum absolute atomic E-state index is 14.7. The van der Waals surface area contributed by atoms with Crippen molar-refractivity contribution in [3.05, 3.63) is 112 Å². The summed E-state index contributed by atoms with van der Waals surface area (Å²) >= 11 is 0. The van der Waals surface area contributed by atoms with Gasteiger partial charge in [0, 0.05) is 79.9 Å². The Morgan fingerprint density at radius 1 is 0.843 bits per heavy atom. The third-order valence-corrected chi connectivity index (χ3v) is 14.3. The zero-order valence-electron chi connectivity index (χ0n) is 41.3. The number of para-hydroxylation sites is 1. The number of ether oxygens (including phenoxy) is 1. The summed E-state index contributed by atoms with van der Waals surface area (Å²) in [6, 6.07) is 12.3. The van der Waals surface area contributed by atoms with Crippen LogP contribution in [0.2, 0.25) is 0 Å². The summed E-state index contributed by atoms with van der Waals surface area (Å²) in [6.07, 6.45) is 7.32. The number of fused-ring (bicyclic) bond motifs is 2. The maximum Gasteiger partial charge on any atom is 0.264 e. The lowest BCUT2D eigenvalue weighted by Crippen LogP contribution is -2.59. The third-order valence-electron chi connectivity index (χ3n) is 12.6. The lowest BCUT2D eigenvalue weighted by molar-refractivity contribution is -0.138. The largest absolute Gasteiger partial charge is 0.487 e. The monoisotopic (exact) mass is 980 g/mol. The molecule has 18 nitrogen and oxygen atoms in total. The van der Waals surface area contributed by atoms with Crippen LogP contribution in [0.5, 0.6) is 5.75 Å². The molecular formula is C51H69N11O7S. The number of benzene rings is 3. The number of sulfonamides is 1. The number of hydrogen-bond donors (Lipinski definition) is 8. The van der Waals surface area contributed by atoms with Crippen molar-refractivity contribution in [3.63, 3.8) is 0 Å². The number of carbonyl (C=O) groups excluding carboxylic acids is 4. The van der Waals surface area contributed by atoms with Crippen LogP contribution in [0.4, 0.5) is 0 Å². The molecule has 0 saturated carbocycles. The van der Waals surface area contributed by atoms with Gasteiger partial charge in [-0.05, 0) is 94.2 Å². The molecule has 2 aromatic heterocycles. The van der Waals surface area contributed by atoms with Crippen molar-refractivity contribution in [2.45, 2.75) is 134 Å². The van der Waals surface area contributed by atoms with Gasteiger partial charge in [0.2, 0.25) is 29.6 Å². The second-order valence-electron chi connectivity index (χ2n) is 18.7. The molecule has 0 saturated heterocycles. The van der Waals surface area contributed by atoms with E-state index in [2.05, 4.69) is 40.6 Å². The summed E-state index contributed by atoms with van der Waals surface area (Å²) in [5.41, 5.74) is 17.8. The van der Waals surface area contributed by atoms with E-state index >= 15 is 0 Å². The number of nitrogens with one attached hydrogen (secondary N) is 6. The molecule has 0 spiro atoms. The quantitative estimate of drug-likeness (QED) is 0.0264. The summed E-state index contributed by atoms with van der Waals surface area (Å²) in [5, 5.41) is 9.58. The van der Waals surface area contributed by atoms with Crippen LogP contribution < -0.4 is 36.9 Å². The van der Waals surface area contributed by atoms with Crippen molar-refractivity contribution in [2.75, 3.05) is 19.6 Å². The minimum atomic E-state index is -4.19. The third kappa shape index (κ3) is 13.1. The number of aromatic amines is 2. The highest BCUT2D eigenvalue weighted by Gasteiger charge is 2.37. The van der Waals surface area contributed by atoms with Crippen molar-refractivity contribution in [3.8, 4) is 5.75 Å². The van der Waals surface area contributed by atoms with Gasteiger partial charge in [-0.3, -0.25) is 24.2 Å². The molecule has 5 aromatic rings. The number of aliphatic imine (C=N–C) groups is 1. The van der Waals surface area contributed by atoms with Gasteiger partial charge in [0.25, 0.3) is 10.0 Å². The second kappa shape index (κ2) is 23.3. The molecule has 0 radical (unpaired) electrons. The van der Waals surface area contributed by atoms with Gasteiger partial charge in [-0.15, -0.1) is 0 Å². The Morgan fingerprint density at radius 2 is 1.50 bits per heavy atom. The minimum Gasteiger partial charge on any atom is -0.487 e. The first-order valence-corrected chi connectivity index (χ1v) is 25.5. The molecule has 376 valence electrons. The number of hydrogen-bond acceptors (Lipinski definition) is 10. The topological polar surface area (TPSA) is 272 Å². The molecule has 1 aliphatic heterocycles. The van der Waals surface area contributed by atoms with E-state index in [4.69, 9.17) is 16.2 Å². The van der Waals surface area contributed by atoms with Crippen molar-refractivity contribution in [2.24, 2.45) is 16.5 Å². The molecule has 3 aromatic carbocycles. The molecule has 0 aliphatic carbocycles. The number of nitrogens with two attached hydrogens (primary N) is 2. The maximum atomic E-state index is 14.7. The molecule has 0 fully saturated rings. The SMILES string of the molecule is CCCN(CCC)C(=O)[C@@H](Cc1c[nH]c2ccccc12)NC(=O)[C@H](CCCN=C(N)NS(=O)(=O)c1c(C)c(C)c2c(c1C)CC(C)(C)O2)NC(=O)[C@@H](Cc1ccccc1)NC(=O)[C@@H](N)Cc1cnc[nH]1. The van der Waals surface area contributed by atoms with Crippen LogP contribution in [0.3, 0.4) is 0 Å². The number of nitrogens with zero attached hydrogens (tertiary/aromatic N) is 3. The number of rotatable bonds is 23. The molecular weight excluding hydrogens is 911 g/mol. The number of carbonyl (C=O) groups is 4. The summed E-state index contributed by atoms with van der Waals surface area (Å²) < 4.78 is 36.5. The van der Waals surface area contributed by atoms with Gasteiger partial charge in [-0.25, -0.2) is 18.1 Å². The molecule has 1 aliphatic rings. The van der Waals surface area contributed by atoms with E-state index in [9.17, 15) is 27.6 Å². The number of aromatic nitrogens is 3. The molecule has 4 atom stereocenters. The van der Waals surface area contributed by atoms with Crippen LogP contribution in [0.25, 0.3) is 10.9 Å². The Morgan fingerprint density at radius 3 is 2.19 bits per heavy atom. The van der Waals surface area contributed by atoms with E-state index in [1.54, 1.807) is 24.9 Å². The summed E-state index contributed by atoms with van der Waals surface area (Å²) in [5.74, 6) is -1.81. The van der Waals surface area contributed by atoms with E-state index in [1.807, 2.05) is 95.4 Å². The fourth-order valence-corrected chi connectivity index (χ4v) is 10.6. The van der Waals surface area contributed by atoms with Gasteiger partial charge in [-0.2, -0.15) is 0 Å². The average molecular weight is 980 g/mol. The lowest BCUT2D eigenvalue weighted by Gasteiger charge is -2.29. The molecule has 3 heterocycles. The predicted molar refractivity (Wildman–Crippen MR) is 270 cm³/mol. The summed E-state index contributed by atoms with van der Waals surface area (Å²) in [4.78, 5) is 73.5. The molecule has 19 heteroatoms. The van der Waals surface area contributed by atoms with Crippen LogP contribution in [-0.4, -0.2) is 107 Å². The molecule has 0 unspecified atom stereocenters. The van der Waals surface area contributed by atoms with Gasteiger partial charge in [0.05, 0.1) is 17.3 Å². The van der Waals surface area contributed by atoms with Gasteiger partial charge >= 0.3 is 0 Å². The van der Waals surface area contributed by atoms with Crippen molar-refractivity contribution < 1.29 is 32.3 Å². The van der Waals surface area contributed by atoms with E-state index in [0.29, 0.717) is 54.9 Å². The van der Waals surface area contributed by atoms with E-state index in [0.717, 1.165) is 33.2 Å². The standard InChI is InChI=1S/C51H69N11O7S/c1-8-22-62(23-9-2)49(66)43(25-35-28-56-40-19-14-13-18-37(35)40)60-47(64)41(58-48(65)42(24-34-16-11-10-12-17-34)59-46(63)39(52)26-36-29-54-30-57-36)20-15-21-55-50(53)61-70(67,68)45-32(4)31(3)44-38(33(45)5)27-51(6,7)69-44/h10-14,16-19,28-30,39,41-43,56H,8-9,15,20-27,52H2,1-7H3,(H,54,57)(H,58,65)(H,59,63)(H,60,64)(H3,53,55,61)/t39-,41-,42+,43+/m0/s1. The highest BCUT2D eigenvalue weighted by atomic mass is 32.2. The Hall–Kier alpha value is -6.73. The van der Waals surface area contributed by atoms with E-state index < -0.39 is 57.5 Å². The van der Waals surface area contributed by atoms with Gasteiger partial charge in [0.15, 0.2) is 0 Å². The molecule has 6 rings (SSSR count). The number of guanidine groups is 1. The minimum absolute atomic E-state index is 0.00784. The molecule has 10 N–H and O–H groups in total. The summed E-state index contributed by atoms with van der Waals surface area (Å²) in [7, 11) is -4.19. The fraction of sp³-hybridized carbons (Fsp3) is 0.451. The van der Waals surface area contributed by atoms with Gasteiger partial charge < -0.3 is 47.0 Å².